The molecule has 7 heteroatoms. The Hall–Kier alpha value is -2.16. The van der Waals surface area contributed by atoms with E-state index in [-0.39, 0.29) is 21.7 Å². The molecule has 0 fully saturated rings. The SMILES string of the molecule is COc1cc(C#N)cc(Oc2nc(N)c(Cl)cc2Cl)c1. The maximum atomic E-state index is 8.94. The lowest BCUT2D eigenvalue weighted by atomic mass is 10.2. The molecule has 0 atom stereocenters. The highest BCUT2D eigenvalue weighted by molar-refractivity contribution is 6.36. The van der Waals surface area contributed by atoms with Gasteiger partial charge in [-0.15, -0.1) is 0 Å². The average molecular weight is 310 g/mol. The van der Waals surface area contributed by atoms with Crippen LogP contribution in [-0.4, -0.2) is 12.1 Å². The largest absolute Gasteiger partial charge is 0.497 e. The van der Waals surface area contributed by atoms with Crippen LogP contribution in [-0.2, 0) is 0 Å². The van der Waals surface area contributed by atoms with E-state index in [1.165, 1.54) is 19.2 Å². The summed E-state index contributed by atoms with van der Waals surface area (Å²) in [7, 11) is 1.49. The molecule has 5 nitrogen and oxygen atoms in total. The zero-order valence-electron chi connectivity index (χ0n) is 10.4. The topological polar surface area (TPSA) is 81.2 Å². The Morgan fingerprint density at radius 1 is 1.15 bits per heavy atom. The Labute approximate surface area is 125 Å². The molecule has 0 spiro atoms. The predicted octanol–water partition coefficient (Wildman–Crippen LogP) is 3.64. The van der Waals surface area contributed by atoms with Gasteiger partial charge in [-0.1, -0.05) is 23.2 Å². The van der Waals surface area contributed by atoms with Crippen molar-refractivity contribution in [1.82, 2.24) is 4.98 Å². The lowest BCUT2D eigenvalue weighted by Crippen LogP contribution is -1.96. The molecule has 0 aliphatic carbocycles. The van der Waals surface area contributed by atoms with E-state index in [0.29, 0.717) is 17.1 Å². The van der Waals surface area contributed by atoms with Crippen molar-refractivity contribution in [3.63, 3.8) is 0 Å². The third kappa shape index (κ3) is 3.05. The number of nitrogen functional groups attached to an aromatic ring is 1. The third-order valence-corrected chi connectivity index (χ3v) is 2.96. The van der Waals surface area contributed by atoms with Crippen molar-refractivity contribution < 1.29 is 9.47 Å². The Morgan fingerprint density at radius 3 is 2.50 bits per heavy atom. The molecule has 0 amide bonds. The Kier molecular flexibility index (Phi) is 4.18. The van der Waals surface area contributed by atoms with Gasteiger partial charge in [0.05, 0.1) is 23.8 Å². The van der Waals surface area contributed by atoms with Crippen LogP contribution in [0.1, 0.15) is 5.56 Å². The summed E-state index contributed by atoms with van der Waals surface area (Å²) in [5.74, 6) is 1.05. The van der Waals surface area contributed by atoms with Gasteiger partial charge in [-0.3, -0.25) is 0 Å². The van der Waals surface area contributed by atoms with E-state index in [4.69, 9.17) is 43.7 Å². The molecule has 0 unspecified atom stereocenters. The molecule has 1 heterocycles. The summed E-state index contributed by atoms with van der Waals surface area (Å²) in [6, 6.07) is 8.16. The monoisotopic (exact) mass is 309 g/mol. The van der Waals surface area contributed by atoms with Crippen molar-refractivity contribution in [3.8, 4) is 23.4 Å². The predicted molar refractivity (Wildman–Crippen MR) is 76.5 cm³/mol. The standard InChI is InChI=1S/C13H9Cl2N3O2/c1-19-8-2-7(6-16)3-9(4-8)20-13-11(15)5-10(14)12(17)18-13/h2-5H,1H3,(H2,17,18). The van der Waals surface area contributed by atoms with E-state index in [0.717, 1.165) is 0 Å². The van der Waals surface area contributed by atoms with Crippen molar-refractivity contribution in [1.29, 1.82) is 5.26 Å². The van der Waals surface area contributed by atoms with Crippen LogP contribution in [0.25, 0.3) is 0 Å². The molecule has 0 aliphatic heterocycles. The second-order valence-electron chi connectivity index (χ2n) is 3.75. The van der Waals surface area contributed by atoms with Gasteiger partial charge in [0.2, 0.25) is 5.88 Å². The number of halogens is 2. The Bertz CT molecular complexity index is 699. The van der Waals surface area contributed by atoms with Crippen LogP contribution in [0.15, 0.2) is 24.3 Å². The van der Waals surface area contributed by atoms with Crippen LogP contribution in [0.4, 0.5) is 5.82 Å². The van der Waals surface area contributed by atoms with E-state index in [1.54, 1.807) is 12.1 Å². The number of nitriles is 1. The number of ether oxygens (including phenoxy) is 2. The summed E-state index contributed by atoms with van der Waals surface area (Å²) in [5, 5.41) is 9.40. The molecule has 0 aliphatic rings. The van der Waals surface area contributed by atoms with Gasteiger partial charge < -0.3 is 15.2 Å². The molecule has 0 saturated carbocycles. The molecule has 2 rings (SSSR count). The first-order valence-corrected chi connectivity index (χ1v) is 6.17. The maximum absolute atomic E-state index is 8.94. The molecule has 102 valence electrons. The first-order chi connectivity index (χ1) is 9.53. The second kappa shape index (κ2) is 5.87. The summed E-state index contributed by atoms with van der Waals surface area (Å²) < 4.78 is 10.6. The molecule has 2 N–H and O–H groups in total. The van der Waals surface area contributed by atoms with Gasteiger partial charge in [-0.25, -0.2) is 0 Å². The van der Waals surface area contributed by atoms with Gasteiger partial charge in [-0.2, -0.15) is 10.2 Å². The van der Waals surface area contributed by atoms with Gasteiger partial charge in [-0.05, 0) is 18.2 Å². The van der Waals surface area contributed by atoms with E-state index < -0.39 is 0 Å². The van der Waals surface area contributed by atoms with Crippen LogP contribution in [0, 0.1) is 11.3 Å². The van der Waals surface area contributed by atoms with Crippen LogP contribution < -0.4 is 15.2 Å². The fraction of sp³-hybridized carbons (Fsp3) is 0.0769. The van der Waals surface area contributed by atoms with Crippen LogP contribution in [0.3, 0.4) is 0 Å². The van der Waals surface area contributed by atoms with Crippen molar-refractivity contribution in [2.75, 3.05) is 12.8 Å². The molecular weight excluding hydrogens is 301 g/mol. The zero-order chi connectivity index (χ0) is 14.7. The quantitative estimate of drug-likeness (QED) is 0.936. The van der Waals surface area contributed by atoms with Gasteiger partial charge in [0.15, 0.2) is 0 Å². The third-order valence-electron chi connectivity index (χ3n) is 2.38. The van der Waals surface area contributed by atoms with Crippen molar-refractivity contribution in [3.05, 3.63) is 39.9 Å². The molecule has 0 radical (unpaired) electrons. The lowest BCUT2D eigenvalue weighted by Gasteiger charge is -2.09. The van der Waals surface area contributed by atoms with E-state index in [9.17, 15) is 0 Å². The first kappa shape index (κ1) is 14.3. The number of nitrogens with two attached hydrogens (primary N) is 1. The smallest absolute Gasteiger partial charge is 0.240 e. The van der Waals surface area contributed by atoms with Crippen LogP contribution in [0.5, 0.6) is 17.4 Å². The number of hydrogen-bond acceptors (Lipinski definition) is 5. The number of methoxy groups -OCH3 is 1. The summed E-state index contributed by atoms with van der Waals surface area (Å²) in [6.07, 6.45) is 0. The van der Waals surface area contributed by atoms with Gasteiger partial charge in [0.25, 0.3) is 0 Å². The molecule has 1 aromatic heterocycles. The van der Waals surface area contributed by atoms with Crippen molar-refractivity contribution in [2.45, 2.75) is 0 Å². The summed E-state index contributed by atoms with van der Waals surface area (Å²) in [5.41, 5.74) is 5.98. The van der Waals surface area contributed by atoms with Gasteiger partial charge in [0, 0.05) is 6.07 Å². The van der Waals surface area contributed by atoms with Crippen LogP contribution in [0.2, 0.25) is 10.0 Å². The summed E-state index contributed by atoms with van der Waals surface area (Å²) in [6.45, 7) is 0. The summed E-state index contributed by atoms with van der Waals surface area (Å²) in [4.78, 5) is 3.95. The highest BCUT2D eigenvalue weighted by Gasteiger charge is 2.11. The minimum atomic E-state index is 0.103. The minimum Gasteiger partial charge on any atom is -0.497 e. The van der Waals surface area contributed by atoms with E-state index in [2.05, 4.69) is 4.98 Å². The first-order valence-electron chi connectivity index (χ1n) is 5.42. The number of rotatable bonds is 3. The molecular formula is C13H9Cl2N3O2. The number of hydrogen-bond donors (Lipinski definition) is 1. The second-order valence-corrected chi connectivity index (χ2v) is 4.57. The molecule has 1 aromatic carbocycles. The number of aromatic nitrogens is 1. The highest BCUT2D eigenvalue weighted by atomic mass is 35.5. The van der Waals surface area contributed by atoms with Gasteiger partial charge >= 0.3 is 0 Å². The fourth-order valence-corrected chi connectivity index (χ4v) is 1.86. The van der Waals surface area contributed by atoms with E-state index in [1.807, 2.05) is 6.07 Å². The molecule has 0 saturated heterocycles. The van der Waals surface area contributed by atoms with Crippen molar-refractivity contribution >= 4 is 29.0 Å². The minimum absolute atomic E-state index is 0.103. The van der Waals surface area contributed by atoms with Crippen molar-refractivity contribution in [2.24, 2.45) is 0 Å². The highest BCUT2D eigenvalue weighted by Crippen LogP contribution is 2.33. The average Bonchev–Trinajstić information content (AvgIpc) is 2.44. The summed E-state index contributed by atoms with van der Waals surface area (Å²) >= 11 is 11.8. The Morgan fingerprint density at radius 2 is 1.85 bits per heavy atom. The number of pyridine rings is 1. The number of anilines is 1. The normalized spacial score (nSPS) is 9.90. The lowest BCUT2D eigenvalue weighted by molar-refractivity contribution is 0.407. The molecule has 20 heavy (non-hydrogen) atoms. The number of nitrogens with zero attached hydrogens (tertiary/aromatic N) is 2. The zero-order valence-corrected chi connectivity index (χ0v) is 11.9. The molecule has 2 aromatic rings. The molecule has 0 bridgehead atoms. The number of benzene rings is 1. The fourth-order valence-electron chi connectivity index (χ4n) is 1.46. The van der Waals surface area contributed by atoms with E-state index >= 15 is 0 Å². The Balaban J connectivity index is 2.40. The van der Waals surface area contributed by atoms with Gasteiger partial charge in [0.1, 0.15) is 22.3 Å². The van der Waals surface area contributed by atoms with Crippen LogP contribution >= 0.6 is 23.2 Å². The maximum Gasteiger partial charge on any atom is 0.240 e.